The fourth-order valence-corrected chi connectivity index (χ4v) is 4.41. The Morgan fingerprint density at radius 1 is 1.18 bits per heavy atom. The van der Waals surface area contributed by atoms with E-state index in [0.717, 1.165) is 17.0 Å². The van der Waals surface area contributed by atoms with E-state index in [1.807, 2.05) is 6.07 Å². The lowest BCUT2D eigenvalue weighted by Crippen LogP contribution is -2.61. The first-order valence-corrected chi connectivity index (χ1v) is 10.8. The zero-order chi connectivity index (χ0) is 24.6. The largest absolute Gasteiger partial charge is 0.496 e. The van der Waals surface area contributed by atoms with Crippen molar-refractivity contribution in [3.8, 4) is 5.75 Å². The lowest BCUT2D eigenvalue weighted by Gasteiger charge is -2.49. The van der Waals surface area contributed by atoms with Crippen molar-refractivity contribution in [2.24, 2.45) is 0 Å². The second kappa shape index (κ2) is 9.13. The summed E-state index contributed by atoms with van der Waals surface area (Å²) in [4.78, 5) is 17.9. The molecule has 0 radical (unpaired) electrons. The summed E-state index contributed by atoms with van der Waals surface area (Å²) in [5.74, 6) is -0.389. The fraction of sp³-hybridized carbons (Fsp3) is 0.360. The number of likely N-dealkylation sites (tertiary alicyclic amines) is 1. The van der Waals surface area contributed by atoms with Crippen LogP contribution in [-0.4, -0.2) is 43.1 Å². The molecule has 1 fully saturated rings. The van der Waals surface area contributed by atoms with Crippen LogP contribution in [0.25, 0.3) is 10.9 Å². The first-order chi connectivity index (χ1) is 16.2. The highest BCUT2D eigenvalue weighted by Gasteiger charge is 2.48. The molecule has 9 heteroatoms. The van der Waals surface area contributed by atoms with E-state index in [0.29, 0.717) is 30.0 Å². The van der Waals surface area contributed by atoms with Gasteiger partial charge in [0.2, 0.25) is 5.91 Å². The van der Waals surface area contributed by atoms with Crippen molar-refractivity contribution >= 4 is 22.5 Å². The summed E-state index contributed by atoms with van der Waals surface area (Å²) in [6.45, 7) is 3.97. The van der Waals surface area contributed by atoms with E-state index in [-0.39, 0.29) is 11.5 Å². The Hall–Kier alpha value is -3.33. The molecule has 0 aliphatic carbocycles. The molecule has 2 heterocycles. The molecule has 1 atom stereocenters. The normalized spacial score (nSPS) is 15.8. The van der Waals surface area contributed by atoms with E-state index in [1.165, 1.54) is 19.1 Å². The van der Waals surface area contributed by atoms with Crippen LogP contribution in [0.3, 0.4) is 0 Å². The number of benzene rings is 2. The Labute approximate surface area is 195 Å². The van der Waals surface area contributed by atoms with Gasteiger partial charge in [-0.15, -0.1) is 0 Å². The highest BCUT2D eigenvalue weighted by atomic mass is 19.3. The summed E-state index contributed by atoms with van der Waals surface area (Å²) >= 11 is 0. The monoisotopic (exact) mass is 473 g/mol. The molecule has 180 valence electrons. The van der Waals surface area contributed by atoms with E-state index in [4.69, 9.17) is 9.47 Å². The molecule has 1 aliphatic rings. The molecule has 34 heavy (non-hydrogen) atoms. The van der Waals surface area contributed by atoms with Crippen molar-refractivity contribution in [2.45, 2.75) is 31.9 Å². The Morgan fingerprint density at radius 2 is 1.88 bits per heavy atom. The number of ether oxygens (including phenoxy) is 2. The van der Waals surface area contributed by atoms with Crippen molar-refractivity contribution in [3.05, 3.63) is 65.1 Å². The molecule has 0 unspecified atom stereocenters. The molecular formula is C25H26F3N3O3. The quantitative estimate of drug-likeness (QED) is 0.511. The first-order valence-electron chi connectivity index (χ1n) is 10.8. The van der Waals surface area contributed by atoms with Gasteiger partial charge in [0, 0.05) is 48.5 Å². The number of nitrogens with one attached hydrogen (secondary N) is 1. The van der Waals surface area contributed by atoms with Crippen LogP contribution in [0.1, 0.15) is 43.0 Å². The number of hydrogen-bond donors (Lipinski definition) is 1. The van der Waals surface area contributed by atoms with Gasteiger partial charge in [0.05, 0.1) is 37.3 Å². The van der Waals surface area contributed by atoms with Gasteiger partial charge in [-0.2, -0.15) is 0 Å². The number of anilines is 1. The zero-order valence-electron chi connectivity index (χ0n) is 19.4. The second-order valence-electron chi connectivity index (χ2n) is 8.42. The van der Waals surface area contributed by atoms with Crippen LogP contribution in [0.4, 0.5) is 18.9 Å². The predicted octanol–water partition coefficient (Wildman–Crippen LogP) is 5.20. The number of fused-ring (bicyclic) bond motifs is 1. The van der Waals surface area contributed by atoms with Crippen LogP contribution >= 0.6 is 0 Å². The summed E-state index contributed by atoms with van der Waals surface area (Å²) in [5, 5.41) is 3.96. The molecule has 1 aliphatic heterocycles. The third-order valence-electron chi connectivity index (χ3n) is 6.41. The zero-order valence-corrected chi connectivity index (χ0v) is 19.4. The minimum Gasteiger partial charge on any atom is -0.496 e. The predicted molar refractivity (Wildman–Crippen MR) is 123 cm³/mol. The van der Waals surface area contributed by atoms with E-state index in [9.17, 15) is 18.0 Å². The Balaban J connectivity index is 1.75. The molecular weight excluding hydrogens is 447 g/mol. The third-order valence-corrected chi connectivity index (χ3v) is 6.41. The van der Waals surface area contributed by atoms with E-state index < -0.39 is 29.4 Å². The van der Waals surface area contributed by atoms with Gasteiger partial charge >= 0.3 is 0 Å². The standard InChI is InChI=1S/C25H26F3N3O3/c1-14(16-6-5-7-17(23(16)26)24(27)28)30-20-8-9-29-21-11-22(33-3)19(10-18(20)21)25(34-4)12-31(13-25)15(2)32/h5-11,14,24H,12-13H2,1-4H3,(H,29,30)/t14-/m1/s1. The van der Waals surface area contributed by atoms with Gasteiger partial charge < -0.3 is 19.7 Å². The number of aromatic nitrogens is 1. The van der Waals surface area contributed by atoms with Gasteiger partial charge in [0.25, 0.3) is 6.43 Å². The summed E-state index contributed by atoms with van der Waals surface area (Å²) in [6.07, 6.45) is -1.29. The maximum Gasteiger partial charge on any atom is 0.266 e. The number of carbonyl (C=O) groups is 1. The average Bonchev–Trinajstić information content (AvgIpc) is 2.78. The van der Waals surface area contributed by atoms with Crippen molar-refractivity contribution in [3.63, 3.8) is 0 Å². The van der Waals surface area contributed by atoms with Crippen molar-refractivity contribution in [1.82, 2.24) is 9.88 Å². The fourth-order valence-electron chi connectivity index (χ4n) is 4.41. The molecule has 1 saturated heterocycles. The number of nitrogens with zero attached hydrogens (tertiary/aromatic N) is 2. The van der Waals surface area contributed by atoms with Crippen LogP contribution in [0.2, 0.25) is 0 Å². The first kappa shape index (κ1) is 23.8. The molecule has 0 bridgehead atoms. The van der Waals surface area contributed by atoms with E-state index in [2.05, 4.69) is 10.3 Å². The van der Waals surface area contributed by atoms with E-state index >= 15 is 0 Å². The maximum atomic E-state index is 14.7. The van der Waals surface area contributed by atoms with Crippen molar-refractivity contribution in [1.29, 1.82) is 0 Å². The number of alkyl halides is 2. The number of methoxy groups -OCH3 is 2. The van der Waals surface area contributed by atoms with Gasteiger partial charge in [0.1, 0.15) is 17.2 Å². The number of carbonyl (C=O) groups excluding carboxylic acids is 1. The number of hydrogen-bond acceptors (Lipinski definition) is 5. The highest BCUT2D eigenvalue weighted by molar-refractivity contribution is 5.93. The van der Waals surface area contributed by atoms with Crippen LogP contribution in [0.5, 0.6) is 5.75 Å². The highest BCUT2D eigenvalue weighted by Crippen LogP contribution is 2.43. The topological polar surface area (TPSA) is 63.7 Å². The lowest BCUT2D eigenvalue weighted by molar-refractivity contribution is -0.162. The summed E-state index contributed by atoms with van der Waals surface area (Å²) < 4.78 is 52.5. The number of pyridine rings is 1. The average molecular weight is 473 g/mol. The molecule has 1 aromatic heterocycles. The van der Waals surface area contributed by atoms with Gasteiger partial charge in [0.15, 0.2) is 0 Å². The number of amides is 1. The number of rotatable bonds is 7. The molecule has 2 aromatic carbocycles. The van der Waals surface area contributed by atoms with Gasteiger partial charge in [-0.25, -0.2) is 13.2 Å². The van der Waals surface area contributed by atoms with E-state index in [1.54, 1.807) is 44.4 Å². The minimum absolute atomic E-state index is 0.0432. The summed E-state index contributed by atoms with van der Waals surface area (Å²) in [5.41, 5.74) is 0.824. The van der Waals surface area contributed by atoms with Gasteiger partial charge in [-0.1, -0.05) is 18.2 Å². The Bertz CT molecular complexity index is 1230. The molecule has 0 saturated carbocycles. The van der Waals surface area contributed by atoms with Crippen LogP contribution in [0, 0.1) is 5.82 Å². The minimum atomic E-state index is -2.90. The van der Waals surface area contributed by atoms with Gasteiger partial charge in [-0.05, 0) is 19.1 Å². The van der Waals surface area contributed by atoms with Crippen molar-refractivity contribution in [2.75, 3.05) is 32.6 Å². The maximum absolute atomic E-state index is 14.7. The SMILES string of the molecule is COc1cc2nccc(N[C@H](C)c3cccc(C(F)F)c3F)c2cc1C1(OC)CN(C(C)=O)C1. The van der Waals surface area contributed by atoms with Crippen molar-refractivity contribution < 1.29 is 27.4 Å². The molecule has 0 spiro atoms. The lowest BCUT2D eigenvalue weighted by atomic mass is 9.84. The smallest absolute Gasteiger partial charge is 0.266 e. The third kappa shape index (κ3) is 4.04. The van der Waals surface area contributed by atoms with Crippen LogP contribution in [0.15, 0.2) is 42.6 Å². The molecule has 4 rings (SSSR count). The number of halogens is 3. The summed E-state index contributed by atoms with van der Waals surface area (Å²) in [6, 6.07) is 8.82. The van der Waals surface area contributed by atoms with Gasteiger partial charge in [-0.3, -0.25) is 9.78 Å². The Morgan fingerprint density at radius 3 is 2.50 bits per heavy atom. The van der Waals surface area contributed by atoms with Crippen LogP contribution < -0.4 is 10.1 Å². The molecule has 3 aromatic rings. The van der Waals surface area contributed by atoms with Crippen LogP contribution in [-0.2, 0) is 15.1 Å². The molecule has 6 nitrogen and oxygen atoms in total. The molecule has 1 amide bonds. The second-order valence-corrected chi connectivity index (χ2v) is 8.42. The molecule has 1 N–H and O–H groups in total. The Kier molecular flexibility index (Phi) is 6.40. The summed E-state index contributed by atoms with van der Waals surface area (Å²) in [7, 11) is 3.14.